The smallest absolute Gasteiger partial charge is 0.411 e. The molecular formula is C19H15N3O3. The van der Waals surface area contributed by atoms with E-state index in [9.17, 15) is 4.79 Å². The van der Waals surface area contributed by atoms with Crippen molar-refractivity contribution in [1.29, 1.82) is 0 Å². The van der Waals surface area contributed by atoms with Crippen LogP contribution in [0.25, 0.3) is 33.1 Å². The number of primary amides is 1. The first-order valence-corrected chi connectivity index (χ1v) is 7.69. The summed E-state index contributed by atoms with van der Waals surface area (Å²) in [4.78, 5) is 19.0. The highest BCUT2D eigenvalue weighted by molar-refractivity contribution is 6.11. The van der Waals surface area contributed by atoms with Crippen LogP contribution < -0.4 is 15.2 Å². The van der Waals surface area contributed by atoms with Gasteiger partial charge in [-0.15, -0.1) is 0 Å². The Balaban J connectivity index is 2.00. The number of carbonyl (C=O) groups is 1. The molecule has 25 heavy (non-hydrogen) atoms. The first-order valence-electron chi connectivity index (χ1n) is 7.69. The molecule has 6 nitrogen and oxygen atoms in total. The van der Waals surface area contributed by atoms with Gasteiger partial charge in [0.05, 0.1) is 18.3 Å². The van der Waals surface area contributed by atoms with Crippen LogP contribution in [0.15, 0.2) is 54.6 Å². The molecule has 0 fully saturated rings. The van der Waals surface area contributed by atoms with E-state index >= 15 is 0 Å². The second-order valence-electron chi connectivity index (χ2n) is 5.55. The van der Waals surface area contributed by atoms with Crippen LogP contribution in [-0.2, 0) is 0 Å². The van der Waals surface area contributed by atoms with Crippen molar-refractivity contribution in [2.45, 2.75) is 0 Å². The third-order valence-corrected chi connectivity index (χ3v) is 4.04. The van der Waals surface area contributed by atoms with Gasteiger partial charge in [-0.25, -0.2) is 9.78 Å². The van der Waals surface area contributed by atoms with Crippen molar-refractivity contribution in [3.8, 4) is 22.9 Å². The summed E-state index contributed by atoms with van der Waals surface area (Å²) >= 11 is 0. The Bertz CT molecular complexity index is 1080. The number of carbonyl (C=O) groups excluding carboxylic acids is 1. The zero-order valence-corrected chi connectivity index (χ0v) is 13.4. The molecule has 0 unspecified atom stereocenters. The van der Waals surface area contributed by atoms with Crippen LogP contribution in [0.2, 0.25) is 0 Å². The molecule has 6 heteroatoms. The zero-order valence-electron chi connectivity index (χ0n) is 13.4. The second kappa shape index (κ2) is 5.83. The lowest BCUT2D eigenvalue weighted by Crippen LogP contribution is -2.17. The number of methoxy groups -OCH3 is 1. The van der Waals surface area contributed by atoms with Gasteiger partial charge < -0.3 is 20.2 Å². The summed E-state index contributed by atoms with van der Waals surface area (Å²) < 4.78 is 10.2. The first-order chi connectivity index (χ1) is 12.2. The van der Waals surface area contributed by atoms with Crippen LogP contribution in [0.5, 0.6) is 11.6 Å². The lowest BCUT2D eigenvalue weighted by atomic mass is 10.1. The maximum atomic E-state index is 11.2. The summed E-state index contributed by atoms with van der Waals surface area (Å²) in [6.07, 6.45) is -0.896. The molecule has 0 radical (unpaired) electrons. The Morgan fingerprint density at radius 1 is 1.08 bits per heavy atom. The number of hydrogen-bond donors (Lipinski definition) is 2. The molecule has 3 N–H and O–H groups in total. The molecule has 0 saturated heterocycles. The fourth-order valence-corrected chi connectivity index (χ4v) is 2.94. The molecule has 0 bridgehead atoms. The van der Waals surface area contributed by atoms with Crippen molar-refractivity contribution >= 4 is 27.9 Å². The second-order valence-corrected chi connectivity index (χ2v) is 5.55. The topological polar surface area (TPSA) is 90.2 Å². The molecule has 0 aliphatic carbocycles. The molecule has 2 heterocycles. The number of benzene rings is 2. The zero-order chi connectivity index (χ0) is 17.4. The number of rotatable bonds is 3. The number of nitrogens with two attached hydrogens (primary N) is 1. The number of para-hydroxylation sites is 1. The standard InChI is InChI=1S/C19H15N3O3/c1-24-12-8-6-11(7-9-12)17-18-14(10-16(22-17)25-19(20)23)13-4-2-3-5-15(13)21-18/h2-10,21H,1H3,(H2,20,23). The van der Waals surface area contributed by atoms with Crippen LogP contribution in [0.4, 0.5) is 4.79 Å². The van der Waals surface area contributed by atoms with E-state index in [1.165, 1.54) is 0 Å². The van der Waals surface area contributed by atoms with Gasteiger partial charge in [0.25, 0.3) is 0 Å². The van der Waals surface area contributed by atoms with E-state index in [-0.39, 0.29) is 5.88 Å². The predicted molar refractivity (Wildman–Crippen MR) is 95.8 cm³/mol. The number of aromatic amines is 1. The fourth-order valence-electron chi connectivity index (χ4n) is 2.94. The van der Waals surface area contributed by atoms with Crippen LogP contribution in [-0.4, -0.2) is 23.2 Å². The Labute approximate surface area is 143 Å². The molecule has 1 amide bonds. The van der Waals surface area contributed by atoms with Gasteiger partial charge in [0.2, 0.25) is 5.88 Å². The molecule has 124 valence electrons. The Hall–Kier alpha value is -3.54. The summed E-state index contributed by atoms with van der Waals surface area (Å²) in [6.45, 7) is 0. The predicted octanol–water partition coefficient (Wildman–Crippen LogP) is 3.85. The van der Waals surface area contributed by atoms with E-state index in [4.69, 9.17) is 15.2 Å². The SMILES string of the molecule is COc1ccc(-c2nc(OC(N)=O)cc3c2[nH]c2ccccc23)cc1. The van der Waals surface area contributed by atoms with E-state index in [1.807, 2.05) is 48.5 Å². The van der Waals surface area contributed by atoms with E-state index < -0.39 is 6.09 Å². The van der Waals surface area contributed by atoms with Crippen LogP contribution in [0.1, 0.15) is 0 Å². The molecule has 0 spiro atoms. The normalized spacial score (nSPS) is 10.9. The quantitative estimate of drug-likeness (QED) is 0.596. The maximum absolute atomic E-state index is 11.2. The van der Waals surface area contributed by atoms with Crippen molar-refractivity contribution in [3.63, 3.8) is 0 Å². The highest BCUT2D eigenvalue weighted by atomic mass is 16.6. The van der Waals surface area contributed by atoms with Crippen molar-refractivity contribution in [2.24, 2.45) is 5.73 Å². The molecule has 2 aromatic heterocycles. The van der Waals surface area contributed by atoms with Crippen molar-refractivity contribution < 1.29 is 14.3 Å². The molecule has 0 aliphatic heterocycles. The average molecular weight is 333 g/mol. The third-order valence-electron chi connectivity index (χ3n) is 4.04. The number of fused-ring (bicyclic) bond motifs is 3. The van der Waals surface area contributed by atoms with E-state index in [2.05, 4.69) is 9.97 Å². The third kappa shape index (κ3) is 2.63. The molecule has 0 atom stereocenters. The Kier molecular flexibility index (Phi) is 3.50. The summed E-state index contributed by atoms with van der Waals surface area (Å²) in [6, 6.07) is 17.1. The monoisotopic (exact) mass is 333 g/mol. The molecule has 2 aromatic carbocycles. The van der Waals surface area contributed by atoms with Crippen LogP contribution in [0.3, 0.4) is 0 Å². The highest BCUT2D eigenvalue weighted by Crippen LogP contribution is 2.34. The van der Waals surface area contributed by atoms with Gasteiger partial charge in [-0.3, -0.25) is 0 Å². The van der Waals surface area contributed by atoms with Gasteiger partial charge in [-0.05, 0) is 30.3 Å². The minimum Gasteiger partial charge on any atom is -0.497 e. The van der Waals surface area contributed by atoms with Gasteiger partial charge in [0.15, 0.2) is 0 Å². The maximum Gasteiger partial charge on any atom is 0.411 e. The molecule has 4 rings (SSSR count). The largest absolute Gasteiger partial charge is 0.497 e. The van der Waals surface area contributed by atoms with Crippen molar-refractivity contribution in [3.05, 3.63) is 54.6 Å². The van der Waals surface area contributed by atoms with Gasteiger partial charge in [-0.1, -0.05) is 18.2 Å². The number of aromatic nitrogens is 2. The van der Waals surface area contributed by atoms with E-state index in [0.717, 1.165) is 33.1 Å². The van der Waals surface area contributed by atoms with Gasteiger partial charge >= 0.3 is 6.09 Å². The number of ether oxygens (including phenoxy) is 2. The van der Waals surface area contributed by atoms with Crippen LogP contribution in [0, 0.1) is 0 Å². The van der Waals surface area contributed by atoms with E-state index in [1.54, 1.807) is 13.2 Å². The summed E-state index contributed by atoms with van der Waals surface area (Å²) in [7, 11) is 1.62. The lowest BCUT2D eigenvalue weighted by molar-refractivity contribution is 0.209. The number of nitrogens with zero attached hydrogens (tertiary/aromatic N) is 1. The minimum absolute atomic E-state index is 0.163. The van der Waals surface area contributed by atoms with Gasteiger partial charge in [0.1, 0.15) is 5.75 Å². The molecule has 0 saturated carbocycles. The lowest BCUT2D eigenvalue weighted by Gasteiger charge is -2.07. The number of amides is 1. The van der Waals surface area contributed by atoms with Gasteiger partial charge in [-0.2, -0.15) is 0 Å². The Morgan fingerprint density at radius 3 is 2.56 bits per heavy atom. The average Bonchev–Trinajstić information content (AvgIpc) is 2.99. The highest BCUT2D eigenvalue weighted by Gasteiger charge is 2.15. The van der Waals surface area contributed by atoms with Crippen LogP contribution >= 0.6 is 0 Å². The number of nitrogens with one attached hydrogen (secondary N) is 1. The van der Waals surface area contributed by atoms with Crippen molar-refractivity contribution in [2.75, 3.05) is 7.11 Å². The molecule has 0 aliphatic rings. The van der Waals surface area contributed by atoms with E-state index in [0.29, 0.717) is 5.69 Å². The molecule has 4 aromatic rings. The summed E-state index contributed by atoms with van der Waals surface area (Å²) in [5.74, 6) is 0.914. The first kappa shape index (κ1) is 15.0. The van der Waals surface area contributed by atoms with Crippen molar-refractivity contribution in [1.82, 2.24) is 9.97 Å². The summed E-state index contributed by atoms with van der Waals surface area (Å²) in [5, 5.41) is 1.93. The fraction of sp³-hybridized carbons (Fsp3) is 0.0526. The summed E-state index contributed by atoms with van der Waals surface area (Å²) in [5.41, 5.74) is 8.54. The number of H-pyrrole nitrogens is 1. The Morgan fingerprint density at radius 2 is 1.84 bits per heavy atom. The van der Waals surface area contributed by atoms with Gasteiger partial charge in [0, 0.05) is 27.9 Å². The number of pyridine rings is 1. The number of hydrogen-bond acceptors (Lipinski definition) is 4. The minimum atomic E-state index is -0.896. The molecular weight excluding hydrogens is 318 g/mol.